The third-order valence-corrected chi connectivity index (χ3v) is 4.15. The number of nitrogens with zero attached hydrogens (tertiary/aromatic N) is 1. The maximum atomic E-state index is 5.38. The topological polar surface area (TPSA) is 36.5 Å². The molecule has 4 heteroatoms. The Morgan fingerprint density at radius 3 is 2.26 bits per heavy atom. The zero-order chi connectivity index (χ0) is 13.9. The molecule has 0 unspecified atom stereocenters. The Bertz CT molecular complexity index is 269. The third kappa shape index (κ3) is 5.03. The van der Waals surface area contributed by atoms with Crippen molar-refractivity contribution in [1.29, 1.82) is 0 Å². The van der Waals surface area contributed by atoms with E-state index in [1.54, 1.807) is 0 Å². The summed E-state index contributed by atoms with van der Waals surface area (Å²) in [7, 11) is 0. The fraction of sp³-hybridized carbons (Fsp3) is 1.00. The molecule has 2 aliphatic heterocycles. The number of rotatable bonds is 4. The maximum absolute atomic E-state index is 5.38. The molecule has 0 amide bonds. The number of hydrogen-bond acceptors (Lipinski definition) is 4. The molecule has 0 aromatic heterocycles. The molecule has 2 N–H and O–H groups in total. The molecule has 0 radical (unpaired) electrons. The van der Waals surface area contributed by atoms with E-state index < -0.39 is 0 Å². The molecule has 0 aromatic carbocycles. The third-order valence-electron chi connectivity index (χ3n) is 4.15. The van der Waals surface area contributed by atoms with Gasteiger partial charge in [0.05, 0.1) is 13.2 Å². The second-order valence-corrected chi connectivity index (χ2v) is 7.41. The van der Waals surface area contributed by atoms with Crippen molar-refractivity contribution in [2.45, 2.75) is 57.7 Å². The summed E-state index contributed by atoms with van der Waals surface area (Å²) in [6, 6.07) is 0.632. The SMILES string of the molecule is CC1(C)CC(NCCN2CCOCC2)CC(C)(C)N1. The van der Waals surface area contributed by atoms with E-state index in [1.165, 1.54) is 12.8 Å². The highest BCUT2D eigenvalue weighted by Gasteiger charge is 2.37. The van der Waals surface area contributed by atoms with Crippen LogP contribution in [-0.2, 0) is 4.74 Å². The second kappa shape index (κ2) is 6.08. The highest BCUT2D eigenvalue weighted by Crippen LogP contribution is 2.28. The molecule has 4 nitrogen and oxygen atoms in total. The monoisotopic (exact) mass is 269 g/mol. The van der Waals surface area contributed by atoms with Crippen LogP contribution in [0.15, 0.2) is 0 Å². The van der Waals surface area contributed by atoms with E-state index in [-0.39, 0.29) is 11.1 Å². The Kier molecular flexibility index (Phi) is 4.88. The normalized spacial score (nSPS) is 28.4. The minimum atomic E-state index is 0.235. The summed E-state index contributed by atoms with van der Waals surface area (Å²) in [5.41, 5.74) is 0.469. The summed E-state index contributed by atoms with van der Waals surface area (Å²) in [4.78, 5) is 2.49. The lowest BCUT2D eigenvalue weighted by Gasteiger charge is -2.47. The number of morpholine rings is 1. The van der Waals surface area contributed by atoms with Gasteiger partial charge in [0.2, 0.25) is 0 Å². The van der Waals surface area contributed by atoms with Gasteiger partial charge in [-0.25, -0.2) is 0 Å². The van der Waals surface area contributed by atoms with Crippen LogP contribution in [0.4, 0.5) is 0 Å². The maximum Gasteiger partial charge on any atom is 0.0594 e. The van der Waals surface area contributed by atoms with Gasteiger partial charge in [0.1, 0.15) is 0 Å². The molecule has 0 spiro atoms. The predicted molar refractivity (Wildman–Crippen MR) is 79.6 cm³/mol. The smallest absolute Gasteiger partial charge is 0.0594 e. The minimum absolute atomic E-state index is 0.235. The quantitative estimate of drug-likeness (QED) is 0.804. The van der Waals surface area contributed by atoms with Crippen LogP contribution in [0.3, 0.4) is 0 Å². The molecule has 2 fully saturated rings. The lowest BCUT2D eigenvalue weighted by atomic mass is 9.79. The average molecular weight is 269 g/mol. The standard InChI is InChI=1S/C15H31N3O/c1-14(2)11-13(12-15(3,4)17-14)16-5-6-18-7-9-19-10-8-18/h13,16-17H,5-12H2,1-4H3. The molecule has 0 aliphatic carbocycles. The summed E-state index contributed by atoms with van der Waals surface area (Å²) >= 11 is 0. The number of hydrogen-bond donors (Lipinski definition) is 2. The van der Waals surface area contributed by atoms with E-state index in [1.807, 2.05) is 0 Å². The van der Waals surface area contributed by atoms with Gasteiger partial charge in [-0.2, -0.15) is 0 Å². The highest BCUT2D eigenvalue weighted by atomic mass is 16.5. The minimum Gasteiger partial charge on any atom is -0.379 e. The van der Waals surface area contributed by atoms with Crippen LogP contribution < -0.4 is 10.6 Å². The first-order valence-corrected chi connectivity index (χ1v) is 7.69. The Morgan fingerprint density at radius 2 is 1.68 bits per heavy atom. The predicted octanol–water partition coefficient (Wildman–Crippen LogP) is 1.22. The zero-order valence-corrected chi connectivity index (χ0v) is 13.1. The van der Waals surface area contributed by atoms with Crippen molar-refractivity contribution < 1.29 is 4.74 Å². The van der Waals surface area contributed by atoms with E-state index in [0.717, 1.165) is 39.4 Å². The zero-order valence-electron chi connectivity index (χ0n) is 13.1. The van der Waals surface area contributed by atoms with Crippen molar-refractivity contribution in [2.24, 2.45) is 0 Å². The summed E-state index contributed by atoms with van der Waals surface area (Å²) in [6.45, 7) is 15.5. The first-order valence-electron chi connectivity index (χ1n) is 7.69. The van der Waals surface area contributed by atoms with Crippen molar-refractivity contribution in [1.82, 2.24) is 15.5 Å². The van der Waals surface area contributed by atoms with Gasteiger partial charge in [0.15, 0.2) is 0 Å². The first-order chi connectivity index (χ1) is 8.86. The van der Waals surface area contributed by atoms with Gasteiger partial charge >= 0.3 is 0 Å². The van der Waals surface area contributed by atoms with Crippen molar-refractivity contribution in [2.75, 3.05) is 39.4 Å². The van der Waals surface area contributed by atoms with Crippen molar-refractivity contribution in [3.05, 3.63) is 0 Å². The second-order valence-electron chi connectivity index (χ2n) is 7.41. The molecule has 2 rings (SSSR count). The molecule has 112 valence electrons. The van der Waals surface area contributed by atoms with Gasteiger partial charge < -0.3 is 15.4 Å². The van der Waals surface area contributed by atoms with Crippen LogP contribution in [0, 0.1) is 0 Å². The summed E-state index contributed by atoms with van der Waals surface area (Å²) in [6.07, 6.45) is 2.42. The Morgan fingerprint density at radius 1 is 1.11 bits per heavy atom. The van der Waals surface area contributed by atoms with E-state index in [4.69, 9.17) is 4.74 Å². The fourth-order valence-corrected chi connectivity index (χ4v) is 3.72. The molecule has 2 heterocycles. The number of ether oxygens (including phenoxy) is 1. The number of nitrogens with one attached hydrogen (secondary N) is 2. The van der Waals surface area contributed by atoms with Gasteiger partial charge in [-0.05, 0) is 40.5 Å². The van der Waals surface area contributed by atoms with Gasteiger partial charge in [-0.15, -0.1) is 0 Å². The molecule has 0 aromatic rings. The summed E-state index contributed by atoms with van der Waals surface area (Å²) in [5.74, 6) is 0. The largest absolute Gasteiger partial charge is 0.379 e. The van der Waals surface area contributed by atoms with Crippen LogP contribution in [0.25, 0.3) is 0 Å². The average Bonchev–Trinajstić information content (AvgIpc) is 2.26. The number of piperidine rings is 1. The molecule has 2 saturated heterocycles. The van der Waals surface area contributed by atoms with Crippen LogP contribution in [0.5, 0.6) is 0 Å². The van der Waals surface area contributed by atoms with Gasteiger partial charge in [0, 0.05) is 43.3 Å². The van der Waals surface area contributed by atoms with Gasteiger partial charge in [0.25, 0.3) is 0 Å². The first kappa shape index (κ1) is 15.2. The summed E-state index contributed by atoms with van der Waals surface area (Å²) < 4.78 is 5.38. The van der Waals surface area contributed by atoms with Gasteiger partial charge in [-0.1, -0.05) is 0 Å². The molecule has 0 bridgehead atoms. The van der Waals surface area contributed by atoms with Crippen molar-refractivity contribution in [3.8, 4) is 0 Å². The van der Waals surface area contributed by atoms with E-state index >= 15 is 0 Å². The molecule has 19 heavy (non-hydrogen) atoms. The van der Waals surface area contributed by atoms with E-state index in [2.05, 4.69) is 43.2 Å². The molecule has 0 atom stereocenters. The van der Waals surface area contributed by atoms with Crippen LogP contribution >= 0.6 is 0 Å². The van der Waals surface area contributed by atoms with Crippen LogP contribution in [0.1, 0.15) is 40.5 Å². The summed E-state index contributed by atoms with van der Waals surface area (Å²) in [5, 5.41) is 7.49. The Hall–Kier alpha value is -0.160. The lowest BCUT2D eigenvalue weighted by molar-refractivity contribution is 0.0374. The van der Waals surface area contributed by atoms with E-state index in [0.29, 0.717) is 6.04 Å². The van der Waals surface area contributed by atoms with Crippen LogP contribution in [0.2, 0.25) is 0 Å². The highest BCUT2D eigenvalue weighted by molar-refractivity contribution is 4.99. The van der Waals surface area contributed by atoms with Crippen molar-refractivity contribution >= 4 is 0 Å². The fourth-order valence-electron chi connectivity index (χ4n) is 3.72. The van der Waals surface area contributed by atoms with Gasteiger partial charge in [-0.3, -0.25) is 4.90 Å². The molecule has 0 saturated carbocycles. The van der Waals surface area contributed by atoms with Crippen molar-refractivity contribution in [3.63, 3.8) is 0 Å². The Labute approximate surface area is 118 Å². The molecular weight excluding hydrogens is 238 g/mol. The lowest BCUT2D eigenvalue weighted by Crippen LogP contribution is -2.62. The Balaban J connectivity index is 1.72. The van der Waals surface area contributed by atoms with E-state index in [9.17, 15) is 0 Å². The molecule has 2 aliphatic rings. The van der Waals surface area contributed by atoms with Crippen LogP contribution in [-0.4, -0.2) is 61.4 Å². The molecular formula is C15H31N3O.